The van der Waals surface area contributed by atoms with Crippen LogP contribution in [-0.2, 0) is 39.3 Å². The van der Waals surface area contributed by atoms with E-state index in [1.54, 1.807) is 6.21 Å². The Hall–Kier alpha value is -0.0461. The van der Waals surface area contributed by atoms with Gasteiger partial charge in [0.1, 0.15) is 0 Å². The fourth-order valence-electron chi connectivity index (χ4n) is 0.923. The van der Waals surface area contributed by atoms with Crippen LogP contribution in [0.25, 0.3) is 0 Å². The molecular formula is C14H25N2Y-. The van der Waals surface area contributed by atoms with Crippen molar-refractivity contribution in [3.8, 4) is 0 Å². The second-order valence-electron chi connectivity index (χ2n) is 2.67. The van der Waals surface area contributed by atoms with Gasteiger partial charge < -0.3 is 5.32 Å². The van der Waals surface area contributed by atoms with Crippen LogP contribution in [0.3, 0.4) is 0 Å². The zero-order valence-electron chi connectivity index (χ0n) is 11.6. The molecule has 0 aromatic heterocycles. The monoisotopic (exact) mass is 310 g/mol. The smallest absolute Gasteiger partial charge is 0.0356 e. The van der Waals surface area contributed by atoms with E-state index in [1.807, 2.05) is 45.9 Å². The standard InChI is InChI=1S/C8H10N.C4H9N.C2H6.Y/c1-9-7-8-5-3-2-4-6-8;1-3-5-4-2;1-2;/h2-6,9H,1,7H2;3H,4H2,1-2H3;1-2H3;/q-1;;;. The van der Waals surface area contributed by atoms with Gasteiger partial charge >= 0.3 is 0 Å². The van der Waals surface area contributed by atoms with E-state index in [-0.39, 0.29) is 32.7 Å². The predicted octanol–water partition coefficient (Wildman–Crippen LogP) is 3.69. The van der Waals surface area contributed by atoms with Gasteiger partial charge in [0, 0.05) is 39.3 Å². The summed E-state index contributed by atoms with van der Waals surface area (Å²) in [6, 6.07) is 10.2. The fraction of sp³-hybridized carbons (Fsp3) is 0.429. The van der Waals surface area contributed by atoms with Crippen molar-refractivity contribution in [3.05, 3.63) is 42.9 Å². The van der Waals surface area contributed by atoms with E-state index >= 15 is 0 Å². The first kappa shape index (κ1) is 22.2. The zero-order valence-corrected chi connectivity index (χ0v) is 14.4. The topological polar surface area (TPSA) is 24.4 Å². The molecule has 1 N–H and O–H groups in total. The summed E-state index contributed by atoms with van der Waals surface area (Å²) < 4.78 is 0. The summed E-state index contributed by atoms with van der Waals surface area (Å²) in [4.78, 5) is 3.85. The first-order valence-corrected chi connectivity index (χ1v) is 5.83. The van der Waals surface area contributed by atoms with E-state index in [0.717, 1.165) is 13.1 Å². The Morgan fingerprint density at radius 1 is 1.24 bits per heavy atom. The van der Waals surface area contributed by atoms with Gasteiger partial charge in [-0.15, -0.1) is 0 Å². The van der Waals surface area contributed by atoms with Crippen LogP contribution < -0.4 is 5.32 Å². The Morgan fingerprint density at radius 3 is 2.06 bits per heavy atom. The molecule has 0 bridgehead atoms. The van der Waals surface area contributed by atoms with Crippen molar-refractivity contribution in [1.29, 1.82) is 0 Å². The molecular weight excluding hydrogens is 285 g/mol. The average Bonchev–Trinajstić information content (AvgIpc) is 2.35. The first-order chi connectivity index (χ1) is 7.85. The van der Waals surface area contributed by atoms with E-state index in [0.29, 0.717) is 0 Å². The van der Waals surface area contributed by atoms with E-state index < -0.39 is 0 Å². The van der Waals surface area contributed by atoms with Crippen molar-refractivity contribution in [2.45, 2.75) is 34.2 Å². The largest absolute Gasteiger partial charge is 0.469 e. The second-order valence-corrected chi connectivity index (χ2v) is 2.67. The molecule has 2 nitrogen and oxygen atoms in total. The molecule has 17 heavy (non-hydrogen) atoms. The van der Waals surface area contributed by atoms with Crippen LogP contribution in [0.15, 0.2) is 35.3 Å². The van der Waals surface area contributed by atoms with Gasteiger partial charge in [0.2, 0.25) is 0 Å². The molecule has 1 rings (SSSR count). The number of nitrogens with zero attached hydrogens (tertiary/aromatic N) is 1. The quantitative estimate of drug-likeness (QED) is 0.668. The molecule has 0 aliphatic heterocycles. The summed E-state index contributed by atoms with van der Waals surface area (Å²) in [5, 5.41) is 2.83. The van der Waals surface area contributed by atoms with Gasteiger partial charge in [-0.25, -0.2) is 0 Å². The minimum Gasteiger partial charge on any atom is -0.469 e. The summed E-state index contributed by atoms with van der Waals surface area (Å²) in [6.45, 7) is 9.70. The molecule has 95 valence electrons. The normalized spacial score (nSPS) is 8.29. The SMILES string of the molecule is CC.CC=NCC.[CH2-]NCc1ccccc1.[Y]. The molecule has 0 saturated heterocycles. The van der Waals surface area contributed by atoms with Crippen molar-refractivity contribution in [2.75, 3.05) is 6.54 Å². The maximum atomic E-state index is 3.85. The molecule has 0 heterocycles. The Morgan fingerprint density at radius 2 is 1.76 bits per heavy atom. The zero-order chi connectivity index (χ0) is 12.6. The van der Waals surface area contributed by atoms with Gasteiger partial charge in [0.25, 0.3) is 0 Å². The molecule has 0 unspecified atom stereocenters. The molecule has 1 aromatic rings. The molecule has 0 amide bonds. The third-order valence-corrected chi connectivity index (χ3v) is 1.54. The van der Waals surface area contributed by atoms with Crippen LogP contribution in [0.1, 0.15) is 33.3 Å². The van der Waals surface area contributed by atoms with E-state index in [9.17, 15) is 0 Å². The number of hydrogen-bond acceptors (Lipinski definition) is 2. The van der Waals surface area contributed by atoms with Gasteiger partial charge in [0.15, 0.2) is 0 Å². The van der Waals surface area contributed by atoms with E-state index in [2.05, 4.69) is 29.5 Å². The minimum absolute atomic E-state index is 0. The fourth-order valence-corrected chi connectivity index (χ4v) is 0.923. The number of hydrogen-bond donors (Lipinski definition) is 1. The molecule has 1 radical (unpaired) electrons. The van der Waals surface area contributed by atoms with Crippen molar-refractivity contribution in [3.63, 3.8) is 0 Å². The van der Waals surface area contributed by atoms with E-state index in [4.69, 9.17) is 0 Å². The van der Waals surface area contributed by atoms with Crippen LogP contribution in [0.5, 0.6) is 0 Å². The summed E-state index contributed by atoms with van der Waals surface area (Å²) in [6.07, 6.45) is 1.81. The van der Waals surface area contributed by atoms with Crippen LogP contribution >= 0.6 is 0 Å². The van der Waals surface area contributed by atoms with Crippen LogP contribution in [0.4, 0.5) is 0 Å². The maximum absolute atomic E-state index is 3.85. The summed E-state index contributed by atoms with van der Waals surface area (Å²) in [5.41, 5.74) is 1.27. The van der Waals surface area contributed by atoms with Gasteiger partial charge in [-0.05, 0) is 32.2 Å². The summed E-state index contributed by atoms with van der Waals surface area (Å²) in [7, 11) is 3.53. The van der Waals surface area contributed by atoms with Crippen molar-refractivity contribution >= 4 is 6.21 Å². The molecule has 0 atom stereocenters. The van der Waals surface area contributed by atoms with Crippen LogP contribution in [0.2, 0.25) is 0 Å². The molecule has 0 aliphatic carbocycles. The number of rotatable bonds is 3. The first-order valence-electron chi connectivity index (χ1n) is 5.83. The minimum atomic E-state index is 0. The third kappa shape index (κ3) is 18.5. The summed E-state index contributed by atoms with van der Waals surface area (Å²) >= 11 is 0. The van der Waals surface area contributed by atoms with Crippen LogP contribution in [0, 0.1) is 7.05 Å². The summed E-state index contributed by atoms with van der Waals surface area (Å²) in [5.74, 6) is 0. The average molecular weight is 310 g/mol. The predicted molar refractivity (Wildman–Crippen MR) is 74.7 cm³/mol. The Balaban J connectivity index is -0.000000213. The van der Waals surface area contributed by atoms with Gasteiger partial charge in [-0.1, -0.05) is 44.2 Å². The third-order valence-electron chi connectivity index (χ3n) is 1.54. The molecule has 0 fully saturated rings. The van der Waals surface area contributed by atoms with Gasteiger partial charge in [0.05, 0.1) is 0 Å². The second kappa shape index (κ2) is 21.3. The number of benzene rings is 1. The van der Waals surface area contributed by atoms with Crippen LogP contribution in [-0.4, -0.2) is 12.8 Å². The van der Waals surface area contributed by atoms with Gasteiger partial charge in [-0.3, -0.25) is 12.0 Å². The van der Waals surface area contributed by atoms with Gasteiger partial charge in [-0.2, -0.15) is 0 Å². The van der Waals surface area contributed by atoms with E-state index in [1.165, 1.54) is 5.56 Å². The Bertz CT molecular complexity index is 235. The number of nitrogens with one attached hydrogen (secondary N) is 1. The molecule has 0 spiro atoms. The molecule has 0 saturated carbocycles. The maximum Gasteiger partial charge on any atom is 0.0356 e. The van der Waals surface area contributed by atoms with Crippen molar-refractivity contribution < 1.29 is 32.7 Å². The van der Waals surface area contributed by atoms with Crippen molar-refractivity contribution in [1.82, 2.24) is 5.32 Å². The molecule has 1 aromatic carbocycles. The Kier molecular flexibility index (Phi) is 27.7. The molecule has 0 aliphatic rings. The van der Waals surface area contributed by atoms with Crippen molar-refractivity contribution in [2.24, 2.45) is 4.99 Å². The number of aliphatic imine (C=N–C) groups is 1. The molecule has 3 heteroatoms. The Labute approximate surface area is 132 Å².